The Kier molecular flexibility index (Phi) is 12.1. The number of unbranched alkanes of at least 4 members (excludes halogenated alkanes) is 2. The first-order valence-corrected chi connectivity index (χ1v) is 12.1. The van der Waals surface area contributed by atoms with Crippen molar-refractivity contribution < 1.29 is 24.2 Å². The van der Waals surface area contributed by atoms with Crippen LogP contribution in [0.5, 0.6) is 0 Å². The number of likely N-dealkylation sites (tertiary alicyclic amines) is 1. The Balaban J connectivity index is 2.01. The minimum absolute atomic E-state index is 0.0174. The average Bonchev–Trinajstić information content (AvgIpc) is 3.33. The van der Waals surface area contributed by atoms with Crippen molar-refractivity contribution in [1.82, 2.24) is 10.2 Å². The number of carbonyl (C=O) groups excluding carboxylic acids is 3. The number of hydrogen-bond donors (Lipinski definition) is 2. The molecular formula is C27H38N2O5. The van der Waals surface area contributed by atoms with Crippen molar-refractivity contribution in [2.24, 2.45) is 5.92 Å². The first kappa shape index (κ1) is 27.3. The molecule has 0 unspecified atom stereocenters. The van der Waals surface area contributed by atoms with Crippen molar-refractivity contribution in [3.05, 3.63) is 61.2 Å². The molecule has 7 nitrogen and oxygen atoms in total. The molecule has 0 aromatic heterocycles. The van der Waals surface area contributed by atoms with E-state index in [1.165, 1.54) is 0 Å². The molecule has 0 bridgehead atoms. The van der Waals surface area contributed by atoms with E-state index in [0.29, 0.717) is 19.4 Å². The summed E-state index contributed by atoms with van der Waals surface area (Å²) < 4.78 is 5.47. The number of rotatable bonds is 15. The molecule has 3 atom stereocenters. The monoisotopic (exact) mass is 470 g/mol. The van der Waals surface area contributed by atoms with E-state index in [1.54, 1.807) is 11.0 Å². The highest BCUT2D eigenvalue weighted by Crippen LogP contribution is 2.22. The molecule has 0 spiro atoms. The van der Waals surface area contributed by atoms with E-state index < -0.39 is 12.0 Å². The van der Waals surface area contributed by atoms with Gasteiger partial charge in [0.15, 0.2) is 0 Å². The Labute approximate surface area is 202 Å². The molecule has 1 heterocycles. The maximum absolute atomic E-state index is 13.2. The van der Waals surface area contributed by atoms with Crippen LogP contribution in [0, 0.1) is 5.92 Å². The molecular weight excluding hydrogens is 432 g/mol. The molecule has 2 rings (SSSR count). The van der Waals surface area contributed by atoms with Gasteiger partial charge in [-0.3, -0.25) is 14.4 Å². The number of allylic oxidation sites excluding steroid dienone is 2. The van der Waals surface area contributed by atoms with Gasteiger partial charge in [0.2, 0.25) is 11.8 Å². The molecule has 2 N–H and O–H groups in total. The van der Waals surface area contributed by atoms with Crippen molar-refractivity contribution >= 4 is 17.8 Å². The van der Waals surface area contributed by atoms with E-state index in [0.717, 1.165) is 37.7 Å². The molecule has 0 aliphatic carbocycles. The van der Waals surface area contributed by atoms with Crippen molar-refractivity contribution in [3.63, 3.8) is 0 Å². The highest BCUT2D eigenvalue weighted by atomic mass is 16.5. The summed E-state index contributed by atoms with van der Waals surface area (Å²) in [5, 5.41) is 12.5. The SMILES string of the molecule is C=CCCCCC(=O)OC[C@H](NC(=O)[C@@H](CC=C)CC(=O)N1CCC[C@H]1CO)c1ccccc1. The number of ether oxygens (including phenoxy) is 1. The van der Waals surface area contributed by atoms with Gasteiger partial charge in [-0.15, -0.1) is 13.2 Å². The van der Waals surface area contributed by atoms with Crippen molar-refractivity contribution in [2.75, 3.05) is 19.8 Å². The quantitative estimate of drug-likeness (QED) is 0.232. The molecule has 34 heavy (non-hydrogen) atoms. The van der Waals surface area contributed by atoms with Crippen LogP contribution >= 0.6 is 0 Å². The van der Waals surface area contributed by atoms with Crippen molar-refractivity contribution in [1.29, 1.82) is 0 Å². The summed E-state index contributed by atoms with van der Waals surface area (Å²) in [6.45, 7) is 7.96. The number of aliphatic hydroxyl groups is 1. The van der Waals surface area contributed by atoms with E-state index in [-0.39, 0.29) is 43.5 Å². The fourth-order valence-electron chi connectivity index (χ4n) is 4.17. The normalized spacial score (nSPS) is 17.0. The molecule has 1 aromatic rings. The predicted octanol–water partition coefficient (Wildman–Crippen LogP) is 3.70. The third kappa shape index (κ3) is 8.78. The average molecular weight is 471 g/mol. The topological polar surface area (TPSA) is 95.9 Å². The second-order valence-corrected chi connectivity index (χ2v) is 8.68. The number of nitrogens with one attached hydrogen (secondary N) is 1. The number of esters is 1. The summed E-state index contributed by atoms with van der Waals surface area (Å²) in [5.74, 6) is -1.32. The second-order valence-electron chi connectivity index (χ2n) is 8.68. The Morgan fingerprint density at radius 1 is 1.18 bits per heavy atom. The summed E-state index contributed by atoms with van der Waals surface area (Å²) in [7, 11) is 0. The van der Waals surface area contributed by atoms with E-state index in [9.17, 15) is 19.5 Å². The Hall–Kier alpha value is -2.93. The minimum Gasteiger partial charge on any atom is -0.463 e. The third-order valence-electron chi connectivity index (χ3n) is 6.12. The van der Waals surface area contributed by atoms with E-state index >= 15 is 0 Å². The number of nitrogens with zero attached hydrogens (tertiary/aromatic N) is 1. The van der Waals surface area contributed by atoms with Gasteiger partial charge < -0.3 is 20.1 Å². The zero-order valence-electron chi connectivity index (χ0n) is 20.0. The van der Waals surface area contributed by atoms with Crippen LogP contribution in [0.15, 0.2) is 55.6 Å². The van der Waals surface area contributed by atoms with Gasteiger partial charge in [0.1, 0.15) is 6.61 Å². The van der Waals surface area contributed by atoms with Crippen molar-refractivity contribution in [2.45, 2.75) is 63.5 Å². The standard InChI is InChI=1S/C27H38N2O5/c1-3-5-6-10-16-26(32)34-20-24(21-13-8-7-9-14-21)28-27(33)22(12-4-2)18-25(31)29-17-11-15-23(29)19-30/h3-4,7-9,13-14,22-24,30H,1-2,5-6,10-12,15-20H2,(H,28,33)/t22-,23-,24-/m0/s1. The zero-order chi connectivity index (χ0) is 24.8. The van der Waals surface area contributed by atoms with Crippen LogP contribution in [-0.2, 0) is 19.1 Å². The molecule has 1 aliphatic rings. The molecule has 2 amide bonds. The number of aliphatic hydroxyl groups excluding tert-OH is 1. The number of carbonyl (C=O) groups is 3. The molecule has 1 saturated heterocycles. The lowest BCUT2D eigenvalue weighted by atomic mass is 9.98. The van der Waals surface area contributed by atoms with Crippen molar-refractivity contribution in [3.8, 4) is 0 Å². The Morgan fingerprint density at radius 3 is 2.62 bits per heavy atom. The Morgan fingerprint density at radius 2 is 1.94 bits per heavy atom. The van der Waals surface area contributed by atoms with Gasteiger partial charge in [0.25, 0.3) is 0 Å². The molecule has 7 heteroatoms. The van der Waals surface area contributed by atoms with E-state index in [4.69, 9.17) is 4.74 Å². The number of hydrogen-bond acceptors (Lipinski definition) is 5. The largest absolute Gasteiger partial charge is 0.463 e. The Bertz CT molecular complexity index is 810. The minimum atomic E-state index is -0.592. The van der Waals surface area contributed by atoms with Crippen LogP contribution in [-0.4, -0.2) is 53.6 Å². The van der Waals surface area contributed by atoms with Crippen LogP contribution in [0.3, 0.4) is 0 Å². The van der Waals surface area contributed by atoms with Gasteiger partial charge in [0, 0.05) is 19.4 Å². The maximum atomic E-state index is 13.2. The van der Waals surface area contributed by atoms with Gasteiger partial charge in [0.05, 0.1) is 24.6 Å². The van der Waals surface area contributed by atoms with Gasteiger partial charge in [-0.1, -0.05) is 42.5 Å². The van der Waals surface area contributed by atoms with Crippen LogP contribution in [0.1, 0.15) is 63.0 Å². The highest BCUT2D eigenvalue weighted by molar-refractivity contribution is 5.86. The molecule has 1 aromatic carbocycles. The van der Waals surface area contributed by atoms with Crippen LogP contribution in [0.4, 0.5) is 0 Å². The number of benzene rings is 1. The van der Waals surface area contributed by atoms with Crippen LogP contribution in [0.25, 0.3) is 0 Å². The molecule has 0 saturated carbocycles. The zero-order valence-corrected chi connectivity index (χ0v) is 20.0. The fourth-order valence-corrected chi connectivity index (χ4v) is 4.17. The number of amides is 2. The lowest BCUT2D eigenvalue weighted by Gasteiger charge is -2.26. The molecule has 1 fully saturated rings. The highest BCUT2D eigenvalue weighted by Gasteiger charge is 2.31. The van der Waals surface area contributed by atoms with Gasteiger partial charge >= 0.3 is 5.97 Å². The fraction of sp³-hybridized carbons (Fsp3) is 0.519. The first-order chi connectivity index (χ1) is 16.5. The van der Waals surface area contributed by atoms with Gasteiger partial charge in [-0.25, -0.2) is 0 Å². The summed E-state index contributed by atoms with van der Waals surface area (Å²) in [4.78, 5) is 39.9. The smallest absolute Gasteiger partial charge is 0.305 e. The molecule has 1 aliphatic heterocycles. The van der Waals surface area contributed by atoms with Crippen LogP contribution in [0.2, 0.25) is 0 Å². The second kappa shape index (κ2) is 15.1. The van der Waals surface area contributed by atoms with Crippen LogP contribution < -0.4 is 5.32 Å². The van der Waals surface area contributed by atoms with Gasteiger partial charge in [-0.05, 0) is 44.1 Å². The van der Waals surface area contributed by atoms with Gasteiger partial charge in [-0.2, -0.15) is 0 Å². The van der Waals surface area contributed by atoms with E-state index in [1.807, 2.05) is 36.4 Å². The lowest BCUT2D eigenvalue weighted by molar-refractivity contribution is -0.145. The predicted molar refractivity (Wildman–Crippen MR) is 132 cm³/mol. The maximum Gasteiger partial charge on any atom is 0.305 e. The summed E-state index contributed by atoms with van der Waals surface area (Å²) in [6, 6.07) is 8.63. The molecule has 0 radical (unpaired) electrons. The third-order valence-corrected chi connectivity index (χ3v) is 6.12. The summed E-state index contributed by atoms with van der Waals surface area (Å²) >= 11 is 0. The first-order valence-electron chi connectivity index (χ1n) is 12.1. The summed E-state index contributed by atoms with van der Waals surface area (Å²) in [5.41, 5.74) is 0.818. The molecule has 186 valence electrons. The van der Waals surface area contributed by atoms with E-state index in [2.05, 4.69) is 18.5 Å². The lowest BCUT2D eigenvalue weighted by Crippen LogP contribution is -2.42. The summed E-state index contributed by atoms with van der Waals surface area (Å²) in [6.07, 6.45) is 8.24.